The van der Waals surface area contributed by atoms with Crippen LogP contribution in [0.5, 0.6) is 0 Å². The van der Waals surface area contributed by atoms with Crippen molar-refractivity contribution in [2.45, 2.75) is 45.0 Å². The van der Waals surface area contributed by atoms with Gasteiger partial charge in [-0.2, -0.15) is 0 Å². The number of amides is 1. The number of nitrogens with two attached hydrogens (primary N) is 1. The highest BCUT2D eigenvalue weighted by Crippen LogP contribution is 2.21. The number of aromatic nitrogens is 1. The number of nitrogen functional groups attached to an aromatic ring is 1. The second-order valence-electron chi connectivity index (χ2n) is 5.88. The Morgan fingerprint density at radius 1 is 1.28 bits per heavy atom. The van der Waals surface area contributed by atoms with E-state index in [4.69, 9.17) is 23.6 Å². The summed E-state index contributed by atoms with van der Waals surface area (Å²) in [6, 6.07) is -5.08. The number of nitrogens with one attached hydrogen (secondary N) is 1. The zero-order valence-corrected chi connectivity index (χ0v) is 16.3. The van der Waals surface area contributed by atoms with Crippen molar-refractivity contribution in [3.8, 4) is 0 Å². The van der Waals surface area contributed by atoms with Crippen molar-refractivity contribution in [3.63, 3.8) is 0 Å². The number of benzene rings is 2. The molecule has 4 N–H and O–H groups in total. The molecule has 0 saturated carbocycles. The molecular weight excluding hydrogens is 382 g/mol. The number of carbonyl (C=O) groups is 1. The molecule has 2 aromatic carbocycles. The molecule has 0 radical (unpaired) electrons. The third-order valence-electron chi connectivity index (χ3n) is 3.56. The number of aliphatic hydroxyl groups is 1. The van der Waals surface area contributed by atoms with Gasteiger partial charge in [0.2, 0.25) is 5.91 Å². The maximum absolute atomic E-state index is 12.7. The van der Waals surface area contributed by atoms with Gasteiger partial charge in [0.05, 0.1) is 30.5 Å². The Bertz CT molecular complexity index is 1500. The topological polar surface area (TPSA) is 88.2 Å². The van der Waals surface area contributed by atoms with E-state index in [2.05, 4.69) is 10.3 Å². The van der Waals surface area contributed by atoms with E-state index in [0.29, 0.717) is 0 Å². The first kappa shape index (κ1) is 9.87. The highest BCUT2D eigenvalue weighted by molar-refractivity contribution is 7.13. The number of anilines is 2. The lowest BCUT2D eigenvalue weighted by Crippen LogP contribution is -2.14. The molecule has 1 atom stereocenters. The first-order valence-electron chi connectivity index (χ1n) is 15.1. The lowest BCUT2D eigenvalue weighted by Gasteiger charge is -2.11. The Morgan fingerprint density at radius 3 is 2.66 bits per heavy atom. The van der Waals surface area contributed by atoms with Gasteiger partial charge < -0.3 is 16.2 Å². The van der Waals surface area contributed by atoms with Gasteiger partial charge in [-0.3, -0.25) is 4.79 Å². The molecule has 6 heteroatoms. The number of carbonyl (C=O) groups excluding carboxylic acids is 1. The molecule has 0 fully saturated rings. The Hall–Kier alpha value is -2.70. The SMILES string of the molecule is [2H]c1c([2H])c([C@@]([2H])(O)C([2H])([2H])CCCc2c([2H])c([2H])c(NC(=O)C([2H])([2H])c3csc(N)n3)c([2H])c2[2H])c([2H])c([2H])c1C. The van der Waals surface area contributed by atoms with Crippen LogP contribution in [0.2, 0.25) is 0 Å². The number of thiazole rings is 1. The molecule has 29 heavy (non-hydrogen) atoms. The van der Waals surface area contributed by atoms with E-state index in [1.165, 1.54) is 12.3 Å². The summed E-state index contributed by atoms with van der Waals surface area (Å²) in [7, 11) is 0. The number of rotatable bonds is 9. The molecule has 3 rings (SSSR count). The fraction of sp³-hybridized carbons (Fsp3) is 0.304. The minimum absolute atomic E-state index is 0.0184. The van der Waals surface area contributed by atoms with Crippen LogP contribution in [0.1, 0.15) is 65.5 Å². The molecule has 5 nitrogen and oxygen atoms in total. The van der Waals surface area contributed by atoms with Crippen LogP contribution in [0, 0.1) is 6.92 Å². The normalized spacial score (nSPS) is 20.4. The standard InChI is InChI=1S/C23H27N3O2S/c1-16-6-10-18(11-7-16)21(27)5-3-2-4-17-8-12-19(13-9-17)25-22(28)14-20-15-29-23(24)26-20/h6-13,15,21,27H,2-5,14H2,1H3,(H2,24,26)(H,25,28)/t21-/m0/s1/i5D2,6D,7D,8D,9D,10D,11D,12D,13D,14D2,21D. The molecule has 0 aliphatic heterocycles. The molecule has 0 saturated heterocycles. The van der Waals surface area contributed by atoms with E-state index >= 15 is 0 Å². The van der Waals surface area contributed by atoms with Crippen LogP contribution in [0.3, 0.4) is 0 Å². The molecule has 0 spiro atoms. The average Bonchev–Trinajstić information content (AvgIpc) is 3.36. The zero-order valence-electron chi connectivity index (χ0n) is 28.5. The van der Waals surface area contributed by atoms with Crippen LogP contribution in [0.15, 0.2) is 53.7 Å². The van der Waals surface area contributed by atoms with Gasteiger partial charge in [0.15, 0.2) is 5.13 Å². The summed E-state index contributed by atoms with van der Waals surface area (Å²) in [5, 5.41) is 14.2. The van der Waals surface area contributed by atoms with Crippen molar-refractivity contribution in [2.75, 3.05) is 11.1 Å². The van der Waals surface area contributed by atoms with Crippen LogP contribution in [-0.4, -0.2) is 16.0 Å². The van der Waals surface area contributed by atoms with Gasteiger partial charge in [-0.25, -0.2) is 4.98 Å². The lowest BCUT2D eigenvalue weighted by molar-refractivity contribution is -0.115. The maximum Gasteiger partial charge on any atom is 0.230 e. The van der Waals surface area contributed by atoms with Crippen LogP contribution in [0.25, 0.3) is 0 Å². The highest BCUT2D eigenvalue weighted by atomic mass is 32.1. The largest absolute Gasteiger partial charge is 0.388 e. The Labute approximate surface area is 193 Å². The maximum atomic E-state index is 12.7. The van der Waals surface area contributed by atoms with Gasteiger partial charge in [0, 0.05) is 16.6 Å². The second kappa shape index (κ2) is 10.2. The summed E-state index contributed by atoms with van der Waals surface area (Å²) < 4.78 is 106. The minimum atomic E-state index is -3.20. The van der Waals surface area contributed by atoms with Crippen molar-refractivity contribution < 1.29 is 27.7 Å². The third kappa shape index (κ3) is 6.69. The smallest absolute Gasteiger partial charge is 0.230 e. The van der Waals surface area contributed by atoms with E-state index < -0.39 is 90.7 Å². The predicted molar refractivity (Wildman–Crippen MR) is 119 cm³/mol. The Kier molecular flexibility index (Phi) is 3.47. The number of hydrogen-bond donors (Lipinski definition) is 3. The Balaban J connectivity index is 1.85. The van der Waals surface area contributed by atoms with E-state index in [-0.39, 0.29) is 34.8 Å². The third-order valence-corrected chi connectivity index (χ3v) is 4.24. The number of nitrogens with zero attached hydrogens (tertiary/aromatic N) is 1. The summed E-state index contributed by atoms with van der Waals surface area (Å²) in [5.41, 5.74) is 3.60. The van der Waals surface area contributed by atoms with Crippen molar-refractivity contribution in [3.05, 3.63) is 76.1 Å². The van der Waals surface area contributed by atoms with Gasteiger partial charge in [-0.1, -0.05) is 48.2 Å². The van der Waals surface area contributed by atoms with Crippen molar-refractivity contribution in [1.29, 1.82) is 0 Å². The van der Waals surface area contributed by atoms with E-state index in [1.807, 2.05) is 0 Å². The highest BCUT2D eigenvalue weighted by Gasteiger charge is 2.08. The van der Waals surface area contributed by atoms with E-state index in [0.717, 1.165) is 11.3 Å². The first-order chi connectivity index (χ1) is 19.2. The monoisotopic (exact) mass is 422 g/mol. The lowest BCUT2D eigenvalue weighted by atomic mass is 10.0. The van der Waals surface area contributed by atoms with Crippen molar-refractivity contribution >= 4 is 28.1 Å². The summed E-state index contributed by atoms with van der Waals surface area (Å²) in [5.74, 6) is -1.30. The fourth-order valence-electron chi connectivity index (χ4n) is 2.19. The second-order valence-corrected chi connectivity index (χ2v) is 6.77. The molecule has 0 aliphatic rings. The molecule has 3 aromatic rings. The molecule has 152 valence electrons. The van der Waals surface area contributed by atoms with Crippen LogP contribution in [-0.2, 0) is 17.6 Å². The molecule has 1 amide bonds. The van der Waals surface area contributed by atoms with E-state index in [9.17, 15) is 9.90 Å². The summed E-state index contributed by atoms with van der Waals surface area (Å²) in [6.07, 6.45) is -9.83. The molecular formula is C23H27N3O2S. The van der Waals surface area contributed by atoms with Gasteiger partial charge >= 0.3 is 0 Å². The van der Waals surface area contributed by atoms with Gasteiger partial charge in [-0.05, 0) is 49.4 Å². The Morgan fingerprint density at radius 2 is 2.00 bits per heavy atom. The summed E-state index contributed by atoms with van der Waals surface area (Å²) in [6.45, 7) is 1.32. The average molecular weight is 423 g/mol. The fourth-order valence-corrected chi connectivity index (χ4v) is 2.68. The van der Waals surface area contributed by atoms with Crippen molar-refractivity contribution in [1.82, 2.24) is 4.98 Å². The first-order valence-corrected chi connectivity index (χ1v) is 9.48. The van der Waals surface area contributed by atoms with Crippen LogP contribution >= 0.6 is 11.3 Å². The summed E-state index contributed by atoms with van der Waals surface area (Å²) in [4.78, 5) is 16.4. The van der Waals surface area contributed by atoms with Crippen LogP contribution in [0.4, 0.5) is 10.8 Å². The molecule has 0 bridgehead atoms. The predicted octanol–water partition coefficient (Wildman–Crippen LogP) is 4.66. The van der Waals surface area contributed by atoms with Crippen LogP contribution < -0.4 is 11.1 Å². The van der Waals surface area contributed by atoms with Gasteiger partial charge in [0.25, 0.3) is 0 Å². The molecule has 0 unspecified atom stereocenters. The number of hydrogen-bond acceptors (Lipinski definition) is 5. The van der Waals surface area contributed by atoms with Gasteiger partial charge in [-0.15, -0.1) is 11.3 Å². The quantitative estimate of drug-likeness (QED) is 0.468. The summed E-state index contributed by atoms with van der Waals surface area (Å²) >= 11 is 0.904. The zero-order chi connectivity index (χ0) is 32.1. The molecule has 0 aliphatic carbocycles. The van der Waals surface area contributed by atoms with Crippen molar-refractivity contribution in [2.24, 2.45) is 0 Å². The van der Waals surface area contributed by atoms with Gasteiger partial charge in [0.1, 0.15) is 0 Å². The minimum Gasteiger partial charge on any atom is -0.388 e. The molecule has 1 heterocycles. The molecule has 1 aromatic heterocycles. The van der Waals surface area contributed by atoms with E-state index in [1.54, 1.807) is 0 Å².